The highest BCUT2D eigenvalue weighted by molar-refractivity contribution is 5.51. The molecule has 0 N–H and O–H groups in total. The normalized spacial score (nSPS) is 10.5. The molecule has 0 saturated carbocycles. The molecule has 0 unspecified atom stereocenters. The lowest BCUT2D eigenvalue weighted by molar-refractivity contribution is -0.137. The highest BCUT2D eigenvalue weighted by atomic mass is 19.4. The van der Waals surface area contributed by atoms with Crippen LogP contribution in [0.25, 0.3) is 5.69 Å². The minimum absolute atomic E-state index is 0.110. The molecular weight excluding hydrogens is 283 g/mol. The molecule has 0 aliphatic rings. The van der Waals surface area contributed by atoms with Crippen molar-refractivity contribution in [3.05, 3.63) is 47.0 Å². The Balaban J connectivity index is 2.64. The van der Waals surface area contributed by atoms with Crippen LogP contribution >= 0.6 is 0 Å². The molecule has 0 amide bonds. The van der Waals surface area contributed by atoms with Crippen LogP contribution in [0.1, 0.15) is 22.5 Å². The number of imidazole rings is 1. The molecule has 0 bridgehead atoms. The van der Waals surface area contributed by atoms with Crippen LogP contribution in [0.4, 0.5) is 13.2 Å². The predicted molar refractivity (Wildman–Crippen MR) is 62.7 cm³/mol. The summed E-state index contributed by atoms with van der Waals surface area (Å²) in [7, 11) is 0. The average molecular weight is 287 g/mol. The number of nitrogens with zero attached hydrogens (tertiary/aromatic N) is 5. The van der Waals surface area contributed by atoms with Gasteiger partial charge < -0.3 is 0 Å². The Morgan fingerprint density at radius 3 is 2.29 bits per heavy atom. The molecule has 0 spiro atoms. The summed E-state index contributed by atoms with van der Waals surface area (Å²) in [6.07, 6.45) is -3.50. The van der Waals surface area contributed by atoms with Gasteiger partial charge in [0.15, 0.2) is 11.4 Å². The van der Waals surface area contributed by atoms with Gasteiger partial charge in [0.1, 0.15) is 18.5 Å². The van der Waals surface area contributed by atoms with Gasteiger partial charge in [-0.1, -0.05) is 0 Å². The van der Waals surface area contributed by atoms with Gasteiger partial charge in [0.2, 0.25) is 0 Å². The maximum absolute atomic E-state index is 12.7. The summed E-state index contributed by atoms with van der Waals surface area (Å²) in [5.74, 6) is 0. The zero-order valence-corrected chi connectivity index (χ0v) is 10.2. The van der Waals surface area contributed by atoms with E-state index >= 15 is 0 Å². The van der Waals surface area contributed by atoms with Crippen molar-refractivity contribution in [3.63, 3.8) is 0 Å². The van der Waals surface area contributed by atoms with E-state index in [-0.39, 0.29) is 17.1 Å². The van der Waals surface area contributed by atoms with Crippen molar-refractivity contribution in [2.75, 3.05) is 0 Å². The average Bonchev–Trinajstić information content (AvgIpc) is 2.88. The van der Waals surface area contributed by atoms with Crippen LogP contribution in [0, 0.1) is 34.0 Å². The second kappa shape index (κ2) is 4.99. The van der Waals surface area contributed by atoms with Crippen molar-refractivity contribution in [3.8, 4) is 23.9 Å². The summed E-state index contributed by atoms with van der Waals surface area (Å²) >= 11 is 0. The van der Waals surface area contributed by atoms with Crippen LogP contribution in [0.5, 0.6) is 0 Å². The third kappa shape index (κ3) is 2.41. The Bertz CT molecular complexity index is 827. The fraction of sp³-hybridized carbons (Fsp3) is 0.0769. The number of aromatic nitrogens is 2. The van der Waals surface area contributed by atoms with Gasteiger partial charge in [-0.2, -0.15) is 29.0 Å². The van der Waals surface area contributed by atoms with E-state index in [1.54, 1.807) is 12.1 Å². The van der Waals surface area contributed by atoms with Gasteiger partial charge in [-0.3, -0.25) is 4.57 Å². The fourth-order valence-electron chi connectivity index (χ4n) is 1.75. The summed E-state index contributed by atoms with van der Waals surface area (Å²) in [4.78, 5) is 3.68. The molecule has 0 fully saturated rings. The number of halogens is 3. The molecule has 1 aromatic carbocycles. The molecule has 0 radical (unpaired) electrons. The highest BCUT2D eigenvalue weighted by Crippen LogP contribution is 2.32. The fourth-order valence-corrected chi connectivity index (χ4v) is 1.75. The van der Waals surface area contributed by atoms with Gasteiger partial charge in [-0.15, -0.1) is 0 Å². The Hall–Kier alpha value is -3.31. The van der Waals surface area contributed by atoms with Crippen LogP contribution in [0.3, 0.4) is 0 Å². The van der Waals surface area contributed by atoms with Gasteiger partial charge in [0.25, 0.3) is 0 Å². The van der Waals surface area contributed by atoms with Crippen LogP contribution < -0.4 is 0 Å². The Kier molecular flexibility index (Phi) is 3.35. The third-order valence-corrected chi connectivity index (χ3v) is 2.69. The van der Waals surface area contributed by atoms with Crippen molar-refractivity contribution >= 4 is 0 Å². The molecule has 1 heterocycles. The van der Waals surface area contributed by atoms with Crippen molar-refractivity contribution in [1.29, 1.82) is 15.8 Å². The monoisotopic (exact) mass is 287 g/mol. The predicted octanol–water partition coefficient (Wildman–Crippen LogP) is 2.51. The van der Waals surface area contributed by atoms with Gasteiger partial charge >= 0.3 is 6.18 Å². The second-order valence-corrected chi connectivity index (χ2v) is 3.87. The zero-order chi connectivity index (χ0) is 15.6. The Morgan fingerprint density at radius 1 is 1.05 bits per heavy atom. The van der Waals surface area contributed by atoms with E-state index in [2.05, 4.69) is 4.98 Å². The molecule has 2 rings (SSSR count). The summed E-state index contributed by atoms with van der Waals surface area (Å²) < 4.78 is 39.3. The summed E-state index contributed by atoms with van der Waals surface area (Å²) in [6.45, 7) is 0. The molecule has 1 aromatic heterocycles. The van der Waals surface area contributed by atoms with E-state index in [0.717, 1.165) is 29.1 Å². The minimum atomic E-state index is -4.64. The molecule has 0 saturated heterocycles. The summed E-state index contributed by atoms with van der Waals surface area (Å²) in [6, 6.07) is 7.77. The molecule has 21 heavy (non-hydrogen) atoms. The van der Waals surface area contributed by atoms with Gasteiger partial charge in [0, 0.05) is 5.69 Å². The smallest absolute Gasteiger partial charge is 0.289 e. The van der Waals surface area contributed by atoms with Crippen molar-refractivity contribution in [1.82, 2.24) is 9.55 Å². The summed E-state index contributed by atoms with van der Waals surface area (Å²) in [5, 5.41) is 26.6. The Labute approximate surface area is 116 Å². The van der Waals surface area contributed by atoms with E-state index < -0.39 is 17.3 Å². The van der Waals surface area contributed by atoms with E-state index in [9.17, 15) is 13.2 Å². The molecular formula is C13H4F3N5. The van der Waals surface area contributed by atoms with Crippen LogP contribution in [0.15, 0.2) is 24.5 Å². The zero-order valence-electron chi connectivity index (χ0n) is 10.2. The molecule has 0 aliphatic heterocycles. The van der Waals surface area contributed by atoms with E-state index in [0.29, 0.717) is 0 Å². The molecule has 2 aromatic rings. The van der Waals surface area contributed by atoms with Crippen LogP contribution in [0.2, 0.25) is 0 Å². The molecule has 8 heteroatoms. The third-order valence-electron chi connectivity index (χ3n) is 2.69. The quantitative estimate of drug-likeness (QED) is 0.805. The van der Waals surface area contributed by atoms with Crippen LogP contribution in [-0.4, -0.2) is 9.55 Å². The lowest BCUT2D eigenvalue weighted by Crippen LogP contribution is -2.08. The van der Waals surface area contributed by atoms with Gasteiger partial charge in [-0.05, 0) is 18.2 Å². The van der Waals surface area contributed by atoms with Crippen molar-refractivity contribution in [2.45, 2.75) is 6.18 Å². The van der Waals surface area contributed by atoms with Crippen molar-refractivity contribution < 1.29 is 13.2 Å². The summed E-state index contributed by atoms with van der Waals surface area (Å²) in [5.41, 5.74) is -1.74. The number of alkyl halides is 3. The lowest BCUT2D eigenvalue weighted by atomic mass is 10.1. The Morgan fingerprint density at radius 2 is 1.76 bits per heavy atom. The molecule has 0 aliphatic carbocycles. The minimum Gasteiger partial charge on any atom is -0.289 e. The van der Waals surface area contributed by atoms with Gasteiger partial charge in [0.05, 0.1) is 17.2 Å². The standard InChI is InChI=1S/C13H4F3N5/c14-13(15,16)10-2-1-9(3-8(10)4-17)21-7-20-11(5-18)12(21)6-19/h1-3,7H. The number of rotatable bonds is 1. The van der Waals surface area contributed by atoms with Gasteiger partial charge in [-0.25, -0.2) is 4.98 Å². The maximum Gasteiger partial charge on any atom is 0.417 e. The van der Waals surface area contributed by atoms with E-state index in [1.165, 1.54) is 6.07 Å². The van der Waals surface area contributed by atoms with Crippen molar-refractivity contribution in [2.24, 2.45) is 0 Å². The van der Waals surface area contributed by atoms with E-state index in [1.807, 2.05) is 0 Å². The number of benzene rings is 1. The molecule has 102 valence electrons. The second-order valence-electron chi connectivity index (χ2n) is 3.87. The number of hydrogen-bond donors (Lipinski definition) is 0. The first-order valence-corrected chi connectivity index (χ1v) is 5.41. The largest absolute Gasteiger partial charge is 0.417 e. The topological polar surface area (TPSA) is 89.2 Å². The van der Waals surface area contributed by atoms with Crippen LogP contribution in [-0.2, 0) is 6.18 Å². The molecule has 5 nitrogen and oxygen atoms in total. The SMILES string of the molecule is N#Cc1cc(-n2cnc(C#N)c2C#N)ccc1C(F)(F)F. The van der Waals surface area contributed by atoms with E-state index in [4.69, 9.17) is 15.8 Å². The first-order valence-electron chi connectivity index (χ1n) is 5.41. The lowest BCUT2D eigenvalue weighted by Gasteiger charge is -2.10. The first-order chi connectivity index (χ1) is 9.92. The maximum atomic E-state index is 12.7. The highest BCUT2D eigenvalue weighted by Gasteiger charge is 2.33. The first kappa shape index (κ1) is 14.1. The molecule has 0 atom stereocenters. The number of hydrogen-bond acceptors (Lipinski definition) is 4. The number of nitriles is 3.